The Bertz CT molecular complexity index is 650. The first kappa shape index (κ1) is 14.1. The summed E-state index contributed by atoms with van der Waals surface area (Å²) >= 11 is 3.63. The van der Waals surface area contributed by atoms with Gasteiger partial charge in [-0.15, -0.1) is 0 Å². The van der Waals surface area contributed by atoms with Crippen molar-refractivity contribution in [2.75, 3.05) is 11.9 Å². The van der Waals surface area contributed by atoms with Crippen LogP contribution in [0.2, 0.25) is 0 Å². The molecule has 5 heteroatoms. The number of hydrogen-bond acceptors (Lipinski definition) is 2. The van der Waals surface area contributed by atoms with Gasteiger partial charge in [0.2, 0.25) is 0 Å². The van der Waals surface area contributed by atoms with Gasteiger partial charge < -0.3 is 11.1 Å². The van der Waals surface area contributed by atoms with E-state index in [0.717, 1.165) is 17.3 Å². The lowest BCUT2D eigenvalue weighted by Crippen LogP contribution is -2.25. The Morgan fingerprint density at radius 1 is 1.24 bits per heavy atom. The molecule has 0 saturated heterocycles. The second kappa shape index (κ2) is 5.85. The molecule has 0 aliphatic heterocycles. The monoisotopic (exact) mass is 344 g/mol. The maximum absolute atomic E-state index is 5.94. The number of anilines is 1. The summed E-state index contributed by atoms with van der Waals surface area (Å²) in [6.45, 7) is 0.696. The molecule has 1 aromatic heterocycles. The van der Waals surface area contributed by atoms with Crippen LogP contribution in [0.25, 0.3) is 0 Å². The molecule has 0 atom stereocenters. The highest BCUT2D eigenvalue weighted by Gasteiger charge is 2.45. The molecule has 0 unspecified atom stereocenters. The fraction of sp³-hybridized carbons (Fsp3) is 0.250. The van der Waals surface area contributed by atoms with Crippen molar-refractivity contribution in [3.8, 4) is 0 Å². The van der Waals surface area contributed by atoms with Gasteiger partial charge in [-0.25, -0.2) is 4.98 Å². The standard InChI is InChI=1S/C16H17BrN4/c17-13-6-2-1-5-12(13)16(8-9-16)11-20-15(18)21-14-7-3-4-10-19-14/h1-7,10H,8-9,11H2,(H3,18,19,20,21). The number of nitrogens with zero attached hydrogens (tertiary/aromatic N) is 2. The summed E-state index contributed by atoms with van der Waals surface area (Å²) in [6, 6.07) is 14.0. The number of aromatic nitrogens is 1. The van der Waals surface area contributed by atoms with Crippen LogP contribution < -0.4 is 11.1 Å². The minimum absolute atomic E-state index is 0.135. The summed E-state index contributed by atoms with van der Waals surface area (Å²) in [4.78, 5) is 8.67. The van der Waals surface area contributed by atoms with Gasteiger partial charge in [-0.1, -0.05) is 40.2 Å². The van der Waals surface area contributed by atoms with E-state index < -0.39 is 0 Å². The van der Waals surface area contributed by atoms with Crippen molar-refractivity contribution >= 4 is 27.7 Å². The van der Waals surface area contributed by atoms with E-state index in [4.69, 9.17) is 5.73 Å². The lowest BCUT2D eigenvalue weighted by atomic mass is 9.96. The zero-order valence-corrected chi connectivity index (χ0v) is 13.2. The normalized spacial score (nSPS) is 16.5. The van der Waals surface area contributed by atoms with Crippen LogP contribution in [-0.4, -0.2) is 17.5 Å². The number of guanidine groups is 1. The van der Waals surface area contributed by atoms with Gasteiger partial charge in [0.15, 0.2) is 5.96 Å². The molecule has 3 N–H and O–H groups in total. The fourth-order valence-electron chi connectivity index (χ4n) is 2.40. The van der Waals surface area contributed by atoms with Crippen molar-refractivity contribution in [2.24, 2.45) is 10.7 Å². The fourth-order valence-corrected chi connectivity index (χ4v) is 3.10. The van der Waals surface area contributed by atoms with E-state index in [-0.39, 0.29) is 5.41 Å². The Balaban J connectivity index is 1.69. The molecule has 0 spiro atoms. The van der Waals surface area contributed by atoms with E-state index in [1.165, 1.54) is 5.56 Å². The topological polar surface area (TPSA) is 63.3 Å². The van der Waals surface area contributed by atoms with Gasteiger partial charge in [-0.3, -0.25) is 4.99 Å². The van der Waals surface area contributed by atoms with E-state index in [0.29, 0.717) is 18.3 Å². The van der Waals surface area contributed by atoms with Crippen molar-refractivity contribution in [1.29, 1.82) is 0 Å². The average molecular weight is 345 g/mol. The Morgan fingerprint density at radius 3 is 2.67 bits per heavy atom. The molecule has 21 heavy (non-hydrogen) atoms. The van der Waals surface area contributed by atoms with Crippen molar-refractivity contribution in [3.63, 3.8) is 0 Å². The van der Waals surface area contributed by atoms with Crippen LogP contribution >= 0.6 is 15.9 Å². The van der Waals surface area contributed by atoms with E-state index in [9.17, 15) is 0 Å². The predicted octanol–water partition coefficient (Wildman–Crippen LogP) is 3.30. The number of rotatable bonds is 4. The first-order valence-corrected chi connectivity index (χ1v) is 7.72. The van der Waals surface area contributed by atoms with Gasteiger partial charge in [0.1, 0.15) is 5.82 Å². The molecular formula is C16H17BrN4. The first-order chi connectivity index (χ1) is 10.2. The number of benzene rings is 1. The predicted molar refractivity (Wildman–Crippen MR) is 89.4 cm³/mol. The summed E-state index contributed by atoms with van der Waals surface area (Å²) in [5.41, 5.74) is 7.40. The zero-order chi connectivity index (χ0) is 14.7. The molecule has 1 saturated carbocycles. The quantitative estimate of drug-likeness (QED) is 0.660. The minimum Gasteiger partial charge on any atom is -0.370 e. The van der Waals surface area contributed by atoms with Gasteiger partial charge in [-0.2, -0.15) is 0 Å². The third-order valence-corrected chi connectivity index (χ3v) is 4.46. The van der Waals surface area contributed by atoms with Crippen LogP contribution in [0.3, 0.4) is 0 Å². The van der Waals surface area contributed by atoms with Gasteiger partial charge in [0.25, 0.3) is 0 Å². The summed E-state index contributed by atoms with van der Waals surface area (Å²) in [5, 5.41) is 3.01. The van der Waals surface area contributed by atoms with Gasteiger partial charge in [0.05, 0.1) is 6.54 Å². The van der Waals surface area contributed by atoms with Crippen molar-refractivity contribution < 1.29 is 0 Å². The summed E-state index contributed by atoms with van der Waals surface area (Å²) in [7, 11) is 0. The second-order valence-corrected chi connectivity index (χ2v) is 6.16. The highest BCUT2D eigenvalue weighted by molar-refractivity contribution is 9.10. The average Bonchev–Trinajstić information content (AvgIpc) is 3.28. The van der Waals surface area contributed by atoms with Crippen LogP contribution in [0.15, 0.2) is 58.1 Å². The van der Waals surface area contributed by atoms with Gasteiger partial charge in [0, 0.05) is 16.1 Å². The Labute approximate surface area is 132 Å². The molecule has 108 valence electrons. The van der Waals surface area contributed by atoms with Crippen molar-refractivity contribution in [3.05, 3.63) is 58.7 Å². The van der Waals surface area contributed by atoms with Crippen LogP contribution in [0.4, 0.5) is 5.82 Å². The molecular weight excluding hydrogens is 328 g/mol. The molecule has 0 radical (unpaired) electrons. The van der Waals surface area contributed by atoms with Crippen LogP contribution in [-0.2, 0) is 5.41 Å². The molecule has 1 heterocycles. The number of pyridine rings is 1. The molecule has 1 aliphatic rings. The van der Waals surface area contributed by atoms with E-state index >= 15 is 0 Å². The lowest BCUT2D eigenvalue weighted by molar-refractivity contribution is 0.702. The first-order valence-electron chi connectivity index (χ1n) is 6.93. The maximum atomic E-state index is 5.94. The van der Waals surface area contributed by atoms with Crippen LogP contribution in [0.1, 0.15) is 18.4 Å². The number of halogens is 1. The van der Waals surface area contributed by atoms with E-state index in [1.54, 1.807) is 6.20 Å². The Morgan fingerprint density at radius 2 is 2.00 bits per heavy atom. The van der Waals surface area contributed by atoms with E-state index in [2.05, 4.69) is 49.4 Å². The minimum atomic E-state index is 0.135. The van der Waals surface area contributed by atoms with Crippen LogP contribution in [0.5, 0.6) is 0 Å². The smallest absolute Gasteiger partial charge is 0.194 e. The molecule has 0 amide bonds. The zero-order valence-electron chi connectivity index (χ0n) is 11.6. The molecule has 0 bridgehead atoms. The molecule has 3 rings (SSSR count). The number of nitrogens with two attached hydrogens (primary N) is 1. The second-order valence-electron chi connectivity index (χ2n) is 5.30. The van der Waals surface area contributed by atoms with E-state index in [1.807, 2.05) is 24.3 Å². The largest absolute Gasteiger partial charge is 0.370 e. The summed E-state index contributed by atoms with van der Waals surface area (Å²) in [5.74, 6) is 1.12. The number of hydrogen-bond donors (Lipinski definition) is 2. The number of nitrogens with one attached hydrogen (secondary N) is 1. The van der Waals surface area contributed by atoms with Crippen molar-refractivity contribution in [2.45, 2.75) is 18.3 Å². The van der Waals surface area contributed by atoms with Gasteiger partial charge in [-0.05, 0) is 36.6 Å². The molecule has 1 aliphatic carbocycles. The summed E-state index contributed by atoms with van der Waals surface area (Å²) in [6.07, 6.45) is 4.02. The highest BCUT2D eigenvalue weighted by Crippen LogP contribution is 2.50. The molecule has 1 aromatic carbocycles. The molecule has 2 aromatic rings. The Kier molecular flexibility index (Phi) is 3.92. The van der Waals surface area contributed by atoms with Crippen LogP contribution in [0, 0.1) is 0 Å². The third kappa shape index (κ3) is 3.24. The maximum Gasteiger partial charge on any atom is 0.194 e. The highest BCUT2D eigenvalue weighted by atomic mass is 79.9. The van der Waals surface area contributed by atoms with Crippen molar-refractivity contribution in [1.82, 2.24) is 4.98 Å². The summed E-state index contributed by atoms with van der Waals surface area (Å²) < 4.78 is 1.15. The Hall–Kier alpha value is -1.88. The number of aliphatic imine (C=N–C) groups is 1. The van der Waals surface area contributed by atoms with Gasteiger partial charge >= 0.3 is 0 Å². The third-order valence-electron chi connectivity index (χ3n) is 3.77. The molecule has 4 nitrogen and oxygen atoms in total. The lowest BCUT2D eigenvalue weighted by Gasteiger charge is -2.15. The molecule has 1 fully saturated rings. The SMILES string of the molecule is NC(=NCC1(c2ccccc2Br)CC1)Nc1ccccn1.